The molecule has 0 aliphatic carbocycles. The molecule has 3 rings (SSSR count). The van der Waals surface area contributed by atoms with Crippen molar-refractivity contribution >= 4 is 11.7 Å². The van der Waals surface area contributed by atoms with Crippen LogP contribution in [0.2, 0.25) is 0 Å². The van der Waals surface area contributed by atoms with Gasteiger partial charge in [-0.1, -0.05) is 35.9 Å². The molecule has 0 saturated carbocycles. The van der Waals surface area contributed by atoms with Crippen LogP contribution in [-0.4, -0.2) is 20.7 Å². The van der Waals surface area contributed by atoms with Crippen LogP contribution in [0.3, 0.4) is 0 Å². The summed E-state index contributed by atoms with van der Waals surface area (Å²) in [7, 11) is 0. The van der Waals surface area contributed by atoms with Crippen LogP contribution in [0.4, 0.5) is 5.82 Å². The van der Waals surface area contributed by atoms with Crippen LogP contribution in [0.5, 0.6) is 0 Å². The number of aromatic nitrogens is 3. The van der Waals surface area contributed by atoms with Gasteiger partial charge in [0.25, 0.3) is 0 Å². The molecule has 1 N–H and O–H groups in total. The molecule has 2 aromatic heterocycles. The van der Waals surface area contributed by atoms with Crippen molar-refractivity contribution in [1.29, 1.82) is 0 Å². The van der Waals surface area contributed by atoms with E-state index in [1.807, 2.05) is 63.4 Å². The average molecular weight is 334 g/mol. The number of hydrogen-bond donors (Lipinski definition) is 1. The molecule has 0 radical (unpaired) electrons. The maximum atomic E-state index is 12.7. The molecule has 0 unspecified atom stereocenters. The van der Waals surface area contributed by atoms with Gasteiger partial charge in [-0.2, -0.15) is 5.10 Å². The van der Waals surface area contributed by atoms with Crippen molar-refractivity contribution in [1.82, 2.24) is 14.8 Å². The van der Waals surface area contributed by atoms with Gasteiger partial charge in [0.05, 0.1) is 12.0 Å². The molecule has 25 heavy (non-hydrogen) atoms. The highest BCUT2D eigenvalue weighted by Gasteiger charge is 2.30. The van der Waals surface area contributed by atoms with Gasteiger partial charge < -0.3 is 5.32 Å². The minimum atomic E-state index is -0.638. The molecule has 2 heterocycles. The molecule has 3 aromatic rings. The Labute approximate surface area is 147 Å². The molecule has 5 heteroatoms. The molecule has 0 bridgehead atoms. The molecule has 0 spiro atoms. The van der Waals surface area contributed by atoms with Crippen molar-refractivity contribution in [3.05, 3.63) is 77.7 Å². The van der Waals surface area contributed by atoms with Crippen LogP contribution in [0, 0.1) is 6.92 Å². The zero-order valence-corrected chi connectivity index (χ0v) is 14.7. The summed E-state index contributed by atoms with van der Waals surface area (Å²) in [6.07, 6.45) is 5.40. The Kier molecular flexibility index (Phi) is 4.65. The molecule has 5 nitrogen and oxygen atoms in total. The molecule has 1 amide bonds. The Morgan fingerprint density at radius 2 is 1.92 bits per heavy atom. The zero-order chi connectivity index (χ0) is 17.9. The quantitative estimate of drug-likeness (QED) is 0.776. The maximum absolute atomic E-state index is 12.7. The van der Waals surface area contributed by atoms with Crippen LogP contribution < -0.4 is 5.32 Å². The lowest BCUT2D eigenvalue weighted by molar-refractivity contribution is -0.120. The summed E-state index contributed by atoms with van der Waals surface area (Å²) in [6, 6.07) is 13.7. The number of carbonyl (C=O) groups is 1. The maximum Gasteiger partial charge on any atom is 0.235 e. The average Bonchev–Trinajstić information content (AvgIpc) is 3.03. The van der Waals surface area contributed by atoms with Gasteiger partial charge in [-0.15, -0.1) is 0 Å². The molecule has 0 aliphatic heterocycles. The molecule has 0 atom stereocenters. The van der Waals surface area contributed by atoms with Gasteiger partial charge in [0.2, 0.25) is 5.91 Å². The van der Waals surface area contributed by atoms with E-state index in [0.717, 1.165) is 11.1 Å². The fourth-order valence-corrected chi connectivity index (χ4v) is 2.57. The number of nitrogens with zero attached hydrogens (tertiary/aromatic N) is 3. The van der Waals surface area contributed by atoms with E-state index < -0.39 is 5.41 Å². The van der Waals surface area contributed by atoms with Gasteiger partial charge in [-0.05, 0) is 38.0 Å². The van der Waals surface area contributed by atoms with Crippen LogP contribution in [0.15, 0.2) is 61.1 Å². The first kappa shape index (κ1) is 16.9. The second-order valence-corrected chi connectivity index (χ2v) is 6.70. The van der Waals surface area contributed by atoms with Crippen molar-refractivity contribution in [2.45, 2.75) is 32.7 Å². The zero-order valence-electron chi connectivity index (χ0n) is 14.7. The SMILES string of the molecule is Cc1ccc(C(C)(C)C(=O)Nc2ccn(Cc3cccnc3)n2)cc1. The Hall–Kier alpha value is -2.95. The summed E-state index contributed by atoms with van der Waals surface area (Å²) in [4.78, 5) is 16.8. The summed E-state index contributed by atoms with van der Waals surface area (Å²) >= 11 is 0. The summed E-state index contributed by atoms with van der Waals surface area (Å²) in [5.41, 5.74) is 2.57. The normalized spacial score (nSPS) is 11.3. The number of aryl methyl sites for hydroxylation is 1. The molecule has 1 aromatic carbocycles. The molecular weight excluding hydrogens is 312 g/mol. The smallest absolute Gasteiger partial charge is 0.235 e. The number of nitrogens with one attached hydrogen (secondary N) is 1. The predicted octanol–water partition coefficient (Wildman–Crippen LogP) is 3.55. The van der Waals surface area contributed by atoms with Crippen LogP contribution in [0.25, 0.3) is 0 Å². The van der Waals surface area contributed by atoms with Crippen molar-refractivity contribution < 1.29 is 4.79 Å². The summed E-state index contributed by atoms with van der Waals surface area (Å²) in [6.45, 7) is 6.48. The number of anilines is 1. The van der Waals surface area contributed by atoms with Crippen molar-refractivity contribution in [2.24, 2.45) is 0 Å². The number of amides is 1. The van der Waals surface area contributed by atoms with Crippen molar-refractivity contribution in [2.75, 3.05) is 5.32 Å². The summed E-state index contributed by atoms with van der Waals surface area (Å²) in [5, 5.41) is 7.34. The standard InChI is InChI=1S/C20H22N4O/c1-15-6-8-17(9-7-15)20(2,3)19(25)22-18-10-12-24(23-18)14-16-5-4-11-21-13-16/h4-13H,14H2,1-3H3,(H,22,23,25). The minimum absolute atomic E-state index is 0.0806. The largest absolute Gasteiger partial charge is 0.308 e. The number of hydrogen-bond acceptors (Lipinski definition) is 3. The van der Waals surface area contributed by atoms with Gasteiger partial charge in [0, 0.05) is 24.7 Å². The van der Waals surface area contributed by atoms with E-state index in [4.69, 9.17) is 0 Å². The number of rotatable bonds is 5. The fraction of sp³-hybridized carbons (Fsp3) is 0.250. The lowest BCUT2D eigenvalue weighted by Gasteiger charge is -2.23. The van der Waals surface area contributed by atoms with Crippen LogP contribution >= 0.6 is 0 Å². The fourth-order valence-electron chi connectivity index (χ4n) is 2.57. The minimum Gasteiger partial charge on any atom is -0.308 e. The highest BCUT2D eigenvalue weighted by atomic mass is 16.2. The number of benzene rings is 1. The summed E-state index contributed by atoms with van der Waals surface area (Å²) in [5.74, 6) is 0.469. The highest BCUT2D eigenvalue weighted by Crippen LogP contribution is 2.25. The monoisotopic (exact) mass is 334 g/mol. The molecule has 0 aliphatic rings. The lowest BCUT2D eigenvalue weighted by atomic mass is 9.83. The van der Waals surface area contributed by atoms with Gasteiger partial charge >= 0.3 is 0 Å². The van der Waals surface area contributed by atoms with E-state index >= 15 is 0 Å². The molecular formula is C20H22N4O. The first-order valence-electron chi connectivity index (χ1n) is 8.26. The van der Waals surface area contributed by atoms with Gasteiger partial charge in [-0.25, -0.2) is 0 Å². The van der Waals surface area contributed by atoms with Crippen molar-refractivity contribution in [3.63, 3.8) is 0 Å². The van der Waals surface area contributed by atoms with Crippen LogP contribution in [0.1, 0.15) is 30.5 Å². The van der Waals surface area contributed by atoms with E-state index in [1.54, 1.807) is 23.1 Å². The summed E-state index contributed by atoms with van der Waals surface area (Å²) < 4.78 is 1.78. The Morgan fingerprint density at radius 1 is 1.16 bits per heavy atom. The Bertz CT molecular complexity index is 851. The predicted molar refractivity (Wildman–Crippen MR) is 98.4 cm³/mol. The van der Waals surface area contributed by atoms with E-state index in [1.165, 1.54) is 5.56 Å². The van der Waals surface area contributed by atoms with Crippen molar-refractivity contribution in [3.8, 4) is 0 Å². The molecule has 0 fully saturated rings. The van der Waals surface area contributed by atoms with E-state index in [2.05, 4.69) is 15.4 Å². The van der Waals surface area contributed by atoms with Gasteiger partial charge in [-0.3, -0.25) is 14.5 Å². The van der Waals surface area contributed by atoms with Crippen LogP contribution in [-0.2, 0) is 16.8 Å². The third-order valence-electron chi connectivity index (χ3n) is 4.29. The lowest BCUT2D eigenvalue weighted by Crippen LogP contribution is -2.34. The second kappa shape index (κ2) is 6.89. The third-order valence-corrected chi connectivity index (χ3v) is 4.29. The second-order valence-electron chi connectivity index (χ2n) is 6.70. The van der Waals surface area contributed by atoms with E-state index in [0.29, 0.717) is 12.4 Å². The Balaban J connectivity index is 1.69. The molecule has 0 saturated heterocycles. The van der Waals surface area contributed by atoms with E-state index in [-0.39, 0.29) is 5.91 Å². The Morgan fingerprint density at radius 3 is 2.60 bits per heavy atom. The highest BCUT2D eigenvalue weighted by molar-refractivity contribution is 5.97. The topological polar surface area (TPSA) is 59.8 Å². The first-order valence-corrected chi connectivity index (χ1v) is 8.26. The van der Waals surface area contributed by atoms with E-state index in [9.17, 15) is 4.79 Å². The first-order chi connectivity index (χ1) is 11.9. The number of pyridine rings is 1. The van der Waals surface area contributed by atoms with Gasteiger partial charge in [0.15, 0.2) is 5.82 Å². The number of carbonyl (C=O) groups excluding carboxylic acids is 1. The van der Waals surface area contributed by atoms with Gasteiger partial charge in [0.1, 0.15) is 0 Å². The third kappa shape index (κ3) is 3.94. The molecule has 128 valence electrons.